The molecule has 2 amide bonds. The van der Waals surface area contributed by atoms with Crippen molar-refractivity contribution < 1.29 is 22.7 Å². The third kappa shape index (κ3) is 2.98. The minimum atomic E-state index is -3.30. The van der Waals surface area contributed by atoms with Gasteiger partial charge in [-0.25, -0.2) is 13.2 Å². The molecule has 0 aliphatic carbocycles. The molecule has 2 heterocycles. The molecule has 2 aliphatic heterocycles. The average molecular weight is 319 g/mol. The fourth-order valence-electron chi connectivity index (χ4n) is 3.10. The Hall–Kier alpha value is -1.35. The predicted molar refractivity (Wildman–Crippen MR) is 75.3 cm³/mol. The van der Waals surface area contributed by atoms with Crippen LogP contribution in [0.1, 0.15) is 25.7 Å². The standard InChI is InChI=1S/C12H21N3O5S/c1-13-12-7-21(18,19)8(10(12)14-11(17)15-12)5-3-4-6-9(16)20-2/h8,10,13H,3-7H2,1-2H3,(H2,14,15,17)/t8-,10+,12-/m0/s1. The zero-order valence-electron chi connectivity index (χ0n) is 12.1. The van der Waals surface area contributed by atoms with Gasteiger partial charge in [-0.2, -0.15) is 0 Å². The van der Waals surface area contributed by atoms with Crippen LogP contribution in [0.2, 0.25) is 0 Å². The number of hydrogen-bond acceptors (Lipinski definition) is 6. The van der Waals surface area contributed by atoms with Gasteiger partial charge in [-0.15, -0.1) is 0 Å². The molecule has 0 bridgehead atoms. The molecule has 0 aromatic carbocycles. The lowest BCUT2D eigenvalue weighted by molar-refractivity contribution is -0.140. The number of carbonyl (C=O) groups excluding carboxylic acids is 2. The van der Waals surface area contributed by atoms with Crippen LogP contribution in [-0.2, 0) is 19.4 Å². The van der Waals surface area contributed by atoms with E-state index in [1.165, 1.54) is 7.11 Å². The average Bonchev–Trinajstić information content (AvgIpc) is 2.83. The molecule has 9 heteroatoms. The van der Waals surface area contributed by atoms with Crippen molar-refractivity contribution in [3.63, 3.8) is 0 Å². The van der Waals surface area contributed by atoms with E-state index < -0.39 is 26.8 Å². The Balaban J connectivity index is 2.01. The molecule has 2 rings (SSSR count). The Bertz CT molecular complexity index is 535. The number of hydrogen-bond donors (Lipinski definition) is 3. The van der Waals surface area contributed by atoms with Crippen molar-refractivity contribution in [3.8, 4) is 0 Å². The second-order valence-electron chi connectivity index (χ2n) is 5.47. The minimum absolute atomic E-state index is 0.123. The summed E-state index contributed by atoms with van der Waals surface area (Å²) in [6, 6.07) is -0.845. The normalized spacial score (nSPS) is 33.1. The van der Waals surface area contributed by atoms with Gasteiger partial charge >= 0.3 is 12.0 Å². The van der Waals surface area contributed by atoms with Crippen LogP contribution in [0.25, 0.3) is 0 Å². The van der Waals surface area contributed by atoms with Crippen LogP contribution in [0.5, 0.6) is 0 Å². The topological polar surface area (TPSA) is 114 Å². The third-order valence-corrected chi connectivity index (χ3v) is 6.50. The SMILES string of the molecule is CN[C@]12CS(=O)(=O)[C@@H](CCCCC(=O)OC)[C@H]1NC(=O)N2. The molecule has 0 spiro atoms. The number of sulfone groups is 1. The summed E-state index contributed by atoms with van der Waals surface area (Å²) in [7, 11) is -0.344. The van der Waals surface area contributed by atoms with Crippen molar-refractivity contribution >= 4 is 21.8 Å². The van der Waals surface area contributed by atoms with E-state index in [1.807, 2.05) is 0 Å². The lowest BCUT2D eigenvalue weighted by atomic mass is 9.97. The van der Waals surface area contributed by atoms with E-state index in [0.717, 1.165) is 0 Å². The predicted octanol–water partition coefficient (Wildman–Crippen LogP) is -0.886. The van der Waals surface area contributed by atoms with Gasteiger partial charge in [-0.3, -0.25) is 10.1 Å². The molecule has 0 saturated carbocycles. The van der Waals surface area contributed by atoms with Gasteiger partial charge in [0, 0.05) is 6.42 Å². The van der Waals surface area contributed by atoms with Crippen molar-refractivity contribution in [1.29, 1.82) is 0 Å². The Labute approximate surface area is 123 Å². The fourth-order valence-corrected chi connectivity index (χ4v) is 5.59. The van der Waals surface area contributed by atoms with Crippen LogP contribution in [0.15, 0.2) is 0 Å². The highest BCUT2D eigenvalue weighted by Crippen LogP contribution is 2.34. The summed E-state index contributed by atoms with van der Waals surface area (Å²) in [6.45, 7) is 0. The third-order valence-electron chi connectivity index (χ3n) is 4.21. The minimum Gasteiger partial charge on any atom is -0.469 e. The summed E-state index contributed by atoms with van der Waals surface area (Å²) in [5, 5.41) is 7.65. The van der Waals surface area contributed by atoms with Crippen LogP contribution in [0, 0.1) is 0 Å². The van der Waals surface area contributed by atoms with Crippen LogP contribution >= 0.6 is 0 Å². The zero-order valence-corrected chi connectivity index (χ0v) is 13.0. The van der Waals surface area contributed by atoms with Crippen LogP contribution in [0.3, 0.4) is 0 Å². The van der Waals surface area contributed by atoms with Crippen LogP contribution in [-0.4, -0.2) is 57.3 Å². The highest BCUT2D eigenvalue weighted by atomic mass is 32.2. The molecule has 0 radical (unpaired) electrons. The van der Waals surface area contributed by atoms with Crippen LogP contribution < -0.4 is 16.0 Å². The number of ether oxygens (including phenoxy) is 1. The molecule has 120 valence electrons. The molecule has 2 fully saturated rings. The highest BCUT2D eigenvalue weighted by molar-refractivity contribution is 7.92. The molecule has 3 atom stereocenters. The van der Waals surface area contributed by atoms with Crippen LogP contribution in [0.4, 0.5) is 4.79 Å². The highest BCUT2D eigenvalue weighted by Gasteiger charge is 2.60. The van der Waals surface area contributed by atoms with Crippen molar-refractivity contribution in [2.45, 2.75) is 42.6 Å². The Morgan fingerprint density at radius 3 is 2.81 bits per heavy atom. The molecule has 0 unspecified atom stereocenters. The quantitative estimate of drug-likeness (QED) is 0.333. The molecule has 2 aliphatic rings. The lowest BCUT2D eigenvalue weighted by Gasteiger charge is -2.27. The van der Waals surface area contributed by atoms with Gasteiger partial charge in [0.05, 0.1) is 24.2 Å². The fraction of sp³-hybridized carbons (Fsp3) is 0.833. The number of methoxy groups -OCH3 is 1. The summed E-state index contributed by atoms with van der Waals surface area (Å²) >= 11 is 0. The second-order valence-corrected chi connectivity index (χ2v) is 7.68. The largest absolute Gasteiger partial charge is 0.469 e. The number of amides is 2. The van der Waals surface area contributed by atoms with Gasteiger partial charge < -0.3 is 15.4 Å². The van der Waals surface area contributed by atoms with Gasteiger partial charge in [0.25, 0.3) is 0 Å². The number of carbonyl (C=O) groups is 2. The molecular formula is C12H21N3O5S. The number of rotatable bonds is 6. The molecule has 8 nitrogen and oxygen atoms in total. The number of fused-ring (bicyclic) bond motifs is 1. The van der Waals surface area contributed by atoms with Crippen molar-refractivity contribution in [3.05, 3.63) is 0 Å². The Morgan fingerprint density at radius 2 is 2.19 bits per heavy atom. The smallest absolute Gasteiger partial charge is 0.316 e. The molecule has 3 N–H and O–H groups in total. The Morgan fingerprint density at radius 1 is 1.48 bits per heavy atom. The van der Waals surface area contributed by atoms with E-state index in [9.17, 15) is 18.0 Å². The summed E-state index contributed by atoms with van der Waals surface area (Å²) in [5.41, 5.74) is -0.928. The van der Waals surface area contributed by atoms with E-state index in [0.29, 0.717) is 19.3 Å². The lowest BCUT2D eigenvalue weighted by Crippen LogP contribution is -2.60. The van der Waals surface area contributed by atoms with Crippen molar-refractivity contribution in [2.24, 2.45) is 0 Å². The van der Waals surface area contributed by atoms with E-state index in [-0.39, 0.29) is 24.2 Å². The number of esters is 1. The number of nitrogens with one attached hydrogen (secondary N) is 3. The Kier molecular flexibility index (Phi) is 4.43. The first-order chi connectivity index (χ1) is 9.84. The summed E-state index contributed by atoms with van der Waals surface area (Å²) in [6.07, 6.45) is 1.84. The zero-order chi connectivity index (χ0) is 15.7. The van der Waals surface area contributed by atoms with E-state index in [4.69, 9.17) is 0 Å². The second kappa shape index (κ2) is 5.80. The number of unbranched alkanes of at least 4 members (excludes halogenated alkanes) is 1. The molecule has 2 saturated heterocycles. The van der Waals surface area contributed by atoms with Gasteiger partial charge in [-0.1, -0.05) is 6.42 Å². The summed E-state index contributed by atoms with van der Waals surface area (Å²) < 4.78 is 29.2. The maximum Gasteiger partial charge on any atom is 0.316 e. The monoisotopic (exact) mass is 319 g/mol. The molecule has 21 heavy (non-hydrogen) atoms. The van der Waals surface area contributed by atoms with E-state index in [1.54, 1.807) is 7.05 Å². The van der Waals surface area contributed by atoms with Gasteiger partial charge in [0.2, 0.25) is 0 Å². The number of urea groups is 1. The number of likely N-dealkylation sites (N-methyl/N-ethyl adjacent to an activating group) is 1. The van der Waals surface area contributed by atoms with Crippen molar-refractivity contribution in [2.75, 3.05) is 19.9 Å². The van der Waals surface area contributed by atoms with Gasteiger partial charge in [0.1, 0.15) is 5.66 Å². The molecule has 0 aromatic heterocycles. The molecule has 0 aromatic rings. The first kappa shape index (κ1) is 16.0. The van der Waals surface area contributed by atoms with Gasteiger partial charge in [0.15, 0.2) is 9.84 Å². The van der Waals surface area contributed by atoms with E-state index in [2.05, 4.69) is 20.7 Å². The molecular weight excluding hydrogens is 298 g/mol. The van der Waals surface area contributed by atoms with E-state index >= 15 is 0 Å². The summed E-state index contributed by atoms with van der Waals surface area (Å²) in [5.74, 6) is -0.425. The first-order valence-corrected chi connectivity index (χ1v) is 8.62. The first-order valence-electron chi connectivity index (χ1n) is 6.90. The summed E-state index contributed by atoms with van der Waals surface area (Å²) in [4.78, 5) is 22.6. The van der Waals surface area contributed by atoms with Crippen molar-refractivity contribution in [1.82, 2.24) is 16.0 Å². The van der Waals surface area contributed by atoms with Gasteiger partial charge in [-0.05, 0) is 19.9 Å². The maximum absolute atomic E-state index is 12.3. The maximum atomic E-state index is 12.3.